The summed E-state index contributed by atoms with van der Waals surface area (Å²) in [6.07, 6.45) is -3.24. The van der Waals surface area contributed by atoms with E-state index in [1.54, 1.807) is 13.2 Å². The predicted molar refractivity (Wildman–Crippen MR) is 155 cm³/mol. The highest BCUT2D eigenvalue weighted by Gasteiger charge is 2.31. The number of rotatable bonds is 8. The number of nitrogens with zero attached hydrogens (tertiary/aromatic N) is 1. The van der Waals surface area contributed by atoms with Crippen LogP contribution in [0.2, 0.25) is 0 Å². The van der Waals surface area contributed by atoms with Gasteiger partial charge in [0.2, 0.25) is 0 Å². The van der Waals surface area contributed by atoms with E-state index in [-0.39, 0.29) is 22.8 Å². The minimum atomic E-state index is -4.60. The highest BCUT2D eigenvalue weighted by molar-refractivity contribution is 6.11. The fourth-order valence-corrected chi connectivity index (χ4v) is 4.49. The third kappa shape index (κ3) is 6.20. The average molecular weight is 588 g/mol. The van der Waals surface area contributed by atoms with Gasteiger partial charge in [0.25, 0.3) is 5.91 Å². The van der Waals surface area contributed by atoms with E-state index in [9.17, 15) is 22.8 Å². The number of ether oxygens (including phenoxy) is 3. The van der Waals surface area contributed by atoms with Gasteiger partial charge in [0.05, 0.1) is 37.1 Å². The Morgan fingerprint density at radius 2 is 1.58 bits per heavy atom. The van der Waals surface area contributed by atoms with Crippen LogP contribution < -0.4 is 19.6 Å². The van der Waals surface area contributed by atoms with Gasteiger partial charge in [-0.25, -0.2) is 10.2 Å². The van der Waals surface area contributed by atoms with Crippen LogP contribution in [-0.2, 0) is 6.18 Å². The zero-order valence-corrected chi connectivity index (χ0v) is 22.9. The molecule has 1 heterocycles. The van der Waals surface area contributed by atoms with Gasteiger partial charge in [0.15, 0.2) is 11.5 Å². The summed E-state index contributed by atoms with van der Waals surface area (Å²) in [4.78, 5) is 29.0. The first-order valence-electron chi connectivity index (χ1n) is 12.8. The summed E-state index contributed by atoms with van der Waals surface area (Å²) in [6.45, 7) is 0. The lowest BCUT2D eigenvalue weighted by molar-refractivity contribution is -0.137. The van der Waals surface area contributed by atoms with Crippen LogP contribution in [0.1, 0.15) is 32.0 Å². The van der Waals surface area contributed by atoms with Gasteiger partial charge < -0.3 is 19.2 Å². The van der Waals surface area contributed by atoms with Crippen molar-refractivity contribution < 1.29 is 37.0 Å². The van der Waals surface area contributed by atoms with Crippen LogP contribution in [0.5, 0.6) is 17.2 Å². The van der Waals surface area contributed by atoms with Crippen LogP contribution >= 0.6 is 0 Å². The molecule has 8 nitrogen and oxygen atoms in total. The zero-order chi connectivity index (χ0) is 30.6. The van der Waals surface area contributed by atoms with Gasteiger partial charge in [-0.3, -0.25) is 4.79 Å². The van der Waals surface area contributed by atoms with Crippen LogP contribution in [0.4, 0.5) is 13.2 Å². The summed E-state index contributed by atoms with van der Waals surface area (Å²) >= 11 is 0. The molecule has 0 spiro atoms. The fourth-order valence-electron chi connectivity index (χ4n) is 4.49. The first-order chi connectivity index (χ1) is 20.7. The van der Waals surface area contributed by atoms with E-state index in [1.165, 1.54) is 37.6 Å². The molecule has 5 rings (SSSR count). The lowest BCUT2D eigenvalue weighted by Gasteiger charge is -2.11. The second-order valence-corrected chi connectivity index (χ2v) is 9.20. The molecule has 1 amide bonds. The van der Waals surface area contributed by atoms with E-state index < -0.39 is 23.6 Å². The Morgan fingerprint density at radius 1 is 0.837 bits per heavy atom. The maximum Gasteiger partial charge on any atom is 0.416 e. The second kappa shape index (κ2) is 12.1. The number of carbonyl (C=O) groups is 2. The third-order valence-electron chi connectivity index (χ3n) is 6.50. The summed E-state index contributed by atoms with van der Waals surface area (Å²) in [5, 5.41) is 4.87. The molecular weight excluding hydrogens is 563 g/mol. The number of halogens is 3. The van der Waals surface area contributed by atoms with Crippen LogP contribution in [0.25, 0.3) is 22.0 Å². The summed E-state index contributed by atoms with van der Waals surface area (Å²) < 4.78 is 55.1. The topological polar surface area (TPSA) is 102 Å². The van der Waals surface area contributed by atoms with Crippen molar-refractivity contribution in [2.24, 2.45) is 5.10 Å². The van der Waals surface area contributed by atoms with Crippen LogP contribution in [0, 0.1) is 0 Å². The van der Waals surface area contributed by atoms with E-state index in [1.807, 2.05) is 42.5 Å². The number of hydrogen-bond acceptors (Lipinski definition) is 6. The first-order valence-corrected chi connectivity index (χ1v) is 12.8. The molecule has 5 aromatic rings. The molecule has 4 aromatic carbocycles. The minimum absolute atomic E-state index is 0.00868. The van der Waals surface area contributed by atoms with Gasteiger partial charge >= 0.3 is 12.1 Å². The van der Waals surface area contributed by atoms with Crippen molar-refractivity contribution in [3.63, 3.8) is 0 Å². The number of esters is 1. The molecule has 0 fully saturated rings. The molecule has 2 N–H and O–H groups in total. The van der Waals surface area contributed by atoms with Crippen molar-refractivity contribution in [2.75, 3.05) is 14.2 Å². The second-order valence-electron chi connectivity index (χ2n) is 9.20. The van der Waals surface area contributed by atoms with Crippen molar-refractivity contribution >= 4 is 29.0 Å². The number of amides is 1. The Hall–Kier alpha value is -5.58. The van der Waals surface area contributed by atoms with Crippen molar-refractivity contribution in [3.05, 3.63) is 113 Å². The van der Waals surface area contributed by atoms with E-state index in [0.29, 0.717) is 28.5 Å². The molecule has 0 saturated carbocycles. The van der Waals surface area contributed by atoms with Gasteiger partial charge in [0.1, 0.15) is 11.4 Å². The maximum atomic E-state index is 13.3. The number of fused-ring (bicyclic) bond motifs is 1. The molecule has 0 atom stereocenters. The highest BCUT2D eigenvalue weighted by atomic mass is 19.4. The number of aromatic nitrogens is 1. The number of nitrogens with one attached hydrogen (secondary N) is 2. The summed E-state index contributed by atoms with van der Waals surface area (Å²) in [5.74, 6) is -0.775. The van der Waals surface area contributed by atoms with E-state index in [0.717, 1.165) is 23.1 Å². The number of hydrogen-bond donors (Lipinski definition) is 2. The van der Waals surface area contributed by atoms with Crippen molar-refractivity contribution in [2.45, 2.75) is 6.18 Å². The lowest BCUT2D eigenvalue weighted by Crippen LogP contribution is -2.18. The predicted octanol–water partition coefficient (Wildman–Crippen LogP) is 6.85. The Balaban J connectivity index is 1.35. The van der Waals surface area contributed by atoms with Crippen molar-refractivity contribution in [1.82, 2.24) is 10.4 Å². The SMILES string of the molecule is COc1cc(C=NNC(=O)c2[nH]c3c(OC)cccc3c2-c2ccccc2)ccc1OC(=O)c1cccc(C(F)(F)F)c1. The smallest absolute Gasteiger partial charge is 0.416 e. The Kier molecular flexibility index (Phi) is 8.15. The van der Waals surface area contributed by atoms with Gasteiger partial charge in [-0.1, -0.05) is 48.5 Å². The van der Waals surface area contributed by atoms with Gasteiger partial charge in [0, 0.05) is 10.9 Å². The van der Waals surface area contributed by atoms with Crippen molar-refractivity contribution in [3.8, 4) is 28.4 Å². The summed E-state index contributed by atoms with van der Waals surface area (Å²) in [7, 11) is 2.89. The number of methoxy groups -OCH3 is 2. The Morgan fingerprint density at radius 3 is 2.30 bits per heavy atom. The minimum Gasteiger partial charge on any atom is -0.495 e. The van der Waals surface area contributed by atoms with Gasteiger partial charge in [-0.05, 0) is 53.6 Å². The number of hydrazone groups is 1. The van der Waals surface area contributed by atoms with Crippen LogP contribution in [0.15, 0.2) is 96.1 Å². The van der Waals surface area contributed by atoms with E-state index in [2.05, 4.69) is 15.5 Å². The molecule has 11 heteroatoms. The molecule has 218 valence electrons. The normalized spacial score (nSPS) is 11.5. The number of aromatic amines is 1. The average Bonchev–Trinajstić information content (AvgIpc) is 3.42. The molecule has 0 aliphatic carbocycles. The molecule has 43 heavy (non-hydrogen) atoms. The first kappa shape index (κ1) is 28.9. The number of H-pyrrole nitrogens is 1. The van der Waals surface area contributed by atoms with E-state index >= 15 is 0 Å². The largest absolute Gasteiger partial charge is 0.495 e. The molecule has 1 aromatic heterocycles. The van der Waals surface area contributed by atoms with Crippen molar-refractivity contribution in [1.29, 1.82) is 0 Å². The molecule has 0 bridgehead atoms. The van der Waals surface area contributed by atoms with Crippen LogP contribution in [0.3, 0.4) is 0 Å². The molecule has 0 aliphatic rings. The van der Waals surface area contributed by atoms with Crippen LogP contribution in [-0.4, -0.2) is 37.3 Å². The molecule has 0 radical (unpaired) electrons. The molecular formula is C32H24F3N3O5. The summed E-state index contributed by atoms with van der Waals surface area (Å²) in [6, 6.07) is 23.3. The standard InChI is InChI=1S/C32H24F3N3O5/c1-41-25-13-7-12-23-27(20-8-4-3-5-9-20)29(37-28(23)25)30(39)38-36-18-19-14-15-24(26(16-19)42-2)43-31(40)21-10-6-11-22(17-21)32(33,34)35/h3-18,37H,1-2H3,(H,38,39). The molecule has 0 saturated heterocycles. The van der Waals surface area contributed by atoms with Gasteiger partial charge in [-0.2, -0.15) is 18.3 Å². The Bertz CT molecular complexity index is 1830. The highest BCUT2D eigenvalue weighted by Crippen LogP contribution is 2.36. The van der Waals surface area contributed by atoms with E-state index in [4.69, 9.17) is 14.2 Å². The maximum absolute atomic E-state index is 13.3. The fraction of sp³-hybridized carbons (Fsp3) is 0.0938. The monoisotopic (exact) mass is 587 g/mol. The zero-order valence-electron chi connectivity index (χ0n) is 22.9. The van der Waals surface area contributed by atoms with Gasteiger partial charge in [-0.15, -0.1) is 0 Å². The Labute approximate surface area is 243 Å². The lowest BCUT2D eigenvalue weighted by atomic mass is 10.0. The molecule has 0 aliphatic heterocycles. The number of benzene rings is 4. The molecule has 0 unspecified atom stereocenters. The number of para-hydroxylation sites is 1. The number of carbonyl (C=O) groups excluding carboxylic acids is 2. The quantitative estimate of drug-likeness (QED) is 0.0895. The third-order valence-corrected chi connectivity index (χ3v) is 6.50. The summed E-state index contributed by atoms with van der Waals surface area (Å²) in [5.41, 5.74) is 4.24. The number of alkyl halides is 3.